The van der Waals surface area contributed by atoms with Gasteiger partial charge < -0.3 is 4.42 Å². The van der Waals surface area contributed by atoms with Crippen molar-refractivity contribution in [3.63, 3.8) is 0 Å². The molecule has 0 radical (unpaired) electrons. The summed E-state index contributed by atoms with van der Waals surface area (Å²) < 4.78 is 7.25. The number of nitrogens with zero attached hydrogens (tertiary/aromatic N) is 2. The lowest BCUT2D eigenvalue weighted by molar-refractivity contribution is 0.110. The van der Waals surface area contributed by atoms with Gasteiger partial charge in [0.1, 0.15) is 0 Å². The van der Waals surface area contributed by atoms with Crippen LogP contribution in [0.1, 0.15) is 36.0 Å². The van der Waals surface area contributed by atoms with Crippen molar-refractivity contribution in [2.45, 2.75) is 19.8 Å². The van der Waals surface area contributed by atoms with Crippen LogP contribution in [-0.2, 0) is 0 Å². The molecule has 2 heterocycles. The number of carbonyl (C=O) groups excluding carboxylic acids is 1. The monoisotopic (exact) mass is 254 g/mol. The van der Waals surface area contributed by atoms with E-state index < -0.39 is 0 Å². The summed E-state index contributed by atoms with van der Waals surface area (Å²) in [5, 5.41) is 0. The molecule has 0 N–H and O–H groups in total. The Kier molecular flexibility index (Phi) is 2.71. The second-order valence-electron chi connectivity index (χ2n) is 4.77. The van der Waals surface area contributed by atoms with Crippen LogP contribution in [0.4, 0.5) is 0 Å². The lowest BCUT2D eigenvalue weighted by Gasteiger charge is -2.06. The molecule has 0 saturated carbocycles. The molecule has 0 fully saturated rings. The number of oxazole rings is 1. The van der Waals surface area contributed by atoms with Crippen LogP contribution in [-0.4, -0.2) is 15.7 Å². The van der Waals surface area contributed by atoms with Gasteiger partial charge >= 0.3 is 5.84 Å². The van der Waals surface area contributed by atoms with Gasteiger partial charge in [-0.15, -0.1) is 0 Å². The van der Waals surface area contributed by atoms with E-state index in [1.807, 2.05) is 34.7 Å². The van der Waals surface area contributed by atoms with E-state index in [4.69, 9.17) is 4.42 Å². The van der Waals surface area contributed by atoms with Gasteiger partial charge in [-0.2, -0.15) is 4.98 Å². The van der Waals surface area contributed by atoms with Gasteiger partial charge in [0.2, 0.25) is 0 Å². The van der Waals surface area contributed by atoms with E-state index in [1.165, 1.54) is 0 Å². The minimum absolute atomic E-state index is 0.280. The first-order valence-corrected chi connectivity index (χ1v) is 6.23. The highest BCUT2D eigenvalue weighted by Crippen LogP contribution is 2.30. The van der Waals surface area contributed by atoms with Crippen LogP contribution < -0.4 is 0 Å². The summed E-state index contributed by atoms with van der Waals surface area (Å²) in [6.07, 6.45) is 2.39. The Morgan fingerprint density at radius 1 is 1.26 bits per heavy atom. The molecule has 0 amide bonds. The number of carbonyl (C=O) groups is 1. The zero-order chi connectivity index (χ0) is 13.4. The van der Waals surface area contributed by atoms with Crippen LogP contribution >= 0.6 is 0 Å². The smallest absolute Gasteiger partial charge is 0.307 e. The molecule has 0 spiro atoms. The summed E-state index contributed by atoms with van der Waals surface area (Å²) in [6, 6.07) is 9.99. The van der Waals surface area contributed by atoms with Crippen molar-refractivity contribution in [3.05, 3.63) is 48.0 Å². The Bertz CT molecular complexity index is 723. The molecule has 4 nitrogen and oxygen atoms in total. The molecule has 0 aliphatic carbocycles. The molecular formula is C15H14N2O2. The molecule has 1 aromatic carbocycles. The number of aldehydes is 1. The Morgan fingerprint density at radius 3 is 2.63 bits per heavy atom. The summed E-state index contributed by atoms with van der Waals surface area (Å²) >= 11 is 0. The zero-order valence-corrected chi connectivity index (χ0v) is 10.8. The molecule has 0 unspecified atom stereocenters. The van der Waals surface area contributed by atoms with Gasteiger partial charge in [0.05, 0.1) is 17.6 Å². The van der Waals surface area contributed by atoms with Gasteiger partial charge in [0.25, 0.3) is 0 Å². The minimum Gasteiger partial charge on any atom is -0.420 e. The molecule has 19 heavy (non-hydrogen) atoms. The number of hydrogen-bond donors (Lipinski definition) is 0. The van der Waals surface area contributed by atoms with E-state index >= 15 is 0 Å². The average molecular weight is 254 g/mol. The molecule has 0 atom stereocenters. The third kappa shape index (κ3) is 1.85. The molecule has 0 aliphatic heterocycles. The van der Waals surface area contributed by atoms with Crippen molar-refractivity contribution in [1.82, 2.24) is 9.38 Å². The van der Waals surface area contributed by atoms with E-state index in [1.54, 1.807) is 6.20 Å². The second kappa shape index (κ2) is 4.39. The molecule has 3 rings (SSSR count). The van der Waals surface area contributed by atoms with Gasteiger partial charge in [-0.3, -0.25) is 9.20 Å². The summed E-state index contributed by atoms with van der Waals surface area (Å²) in [4.78, 5) is 15.3. The number of benzene rings is 1. The Labute approximate surface area is 110 Å². The van der Waals surface area contributed by atoms with Crippen molar-refractivity contribution in [3.8, 4) is 11.3 Å². The zero-order valence-electron chi connectivity index (χ0n) is 10.8. The van der Waals surface area contributed by atoms with Gasteiger partial charge in [0, 0.05) is 5.56 Å². The average Bonchev–Trinajstić information content (AvgIpc) is 2.95. The van der Waals surface area contributed by atoms with E-state index in [2.05, 4.69) is 18.8 Å². The maximum absolute atomic E-state index is 10.8. The van der Waals surface area contributed by atoms with Crippen molar-refractivity contribution in [1.29, 1.82) is 0 Å². The van der Waals surface area contributed by atoms with E-state index in [0.29, 0.717) is 17.9 Å². The maximum Gasteiger partial charge on any atom is 0.307 e. The predicted molar refractivity (Wildman–Crippen MR) is 72.4 cm³/mol. The number of hydrogen-bond acceptors (Lipinski definition) is 3. The first kappa shape index (κ1) is 11.7. The van der Waals surface area contributed by atoms with Crippen LogP contribution in [0.15, 0.2) is 40.9 Å². The van der Waals surface area contributed by atoms with Crippen molar-refractivity contribution < 1.29 is 9.21 Å². The molecule has 0 saturated heterocycles. The first-order valence-electron chi connectivity index (χ1n) is 6.23. The largest absolute Gasteiger partial charge is 0.420 e. The van der Waals surface area contributed by atoms with Crippen molar-refractivity contribution in [2.24, 2.45) is 0 Å². The van der Waals surface area contributed by atoms with E-state index in [9.17, 15) is 4.79 Å². The van der Waals surface area contributed by atoms with Gasteiger partial charge in [-0.25, -0.2) is 0 Å². The number of rotatable bonds is 3. The standard InChI is InChI=1S/C15H14N2O2/c1-10(2)14-13(11-6-4-3-5-7-11)16-15-17(14)8-12(9-18)19-15/h3-10H,1-2H3. The summed E-state index contributed by atoms with van der Waals surface area (Å²) in [5.41, 5.74) is 3.02. The predicted octanol–water partition coefficient (Wildman–Crippen LogP) is 3.53. The highest BCUT2D eigenvalue weighted by Gasteiger charge is 2.19. The fraction of sp³-hybridized carbons (Fsp3) is 0.200. The minimum atomic E-state index is 0.280. The third-order valence-electron chi connectivity index (χ3n) is 3.09. The van der Waals surface area contributed by atoms with Gasteiger partial charge in [-0.1, -0.05) is 44.2 Å². The normalized spacial score (nSPS) is 11.3. The van der Waals surface area contributed by atoms with Gasteiger partial charge in [-0.05, 0) is 5.92 Å². The summed E-state index contributed by atoms with van der Waals surface area (Å²) in [5.74, 6) is 1.04. The fourth-order valence-electron chi connectivity index (χ4n) is 2.29. The maximum atomic E-state index is 10.8. The molecule has 4 heteroatoms. The Hall–Kier alpha value is -2.36. The first-order chi connectivity index (χ1) is 9.20. The Morgan fingerprint density at radius 2 is 2.00 bits per heavy atom. The van der Waals surface area contributed by atoms with Crippen LogP contribution in [0.5, 0.6) is 0 Å². The molecule has 0 bridgehead atoms. The number of fused-ring (bicyclic) bond motifs is 1. The van der Waals surface area contributed by atoms with Crippen LogP contribution in [0.25, 0.3) is 17.1 Å². The van der Waals surface area contributed by atoms with Crippen LogP contribution in [0.2, 0.25) is 0 Å². The molecule has 96 valence electrons. The number of aromatic nitrogens is 2. The lowest BCUT2D eigenvalue weighted by atomic mass is 10.0. The lowest BCUT2D eigenvalue weighted by Crippen LogP contribution is -1.95. The SMILES string of the molecule is CC(C)c1c(-c2ccccc2)nc2oc(C=O)cn12. The third-order valence-corrected chi connectivity index (χ3v) is 3.09. The van der Waals surface area contributed by atoms with Crippen LogP contribution in [0, 0.1) is 0 Å². The topological polar surface area (TPSA) is 47.5 Å². The summed E-state index contributed by atoms with van der Waals surface area (Å²) in [6.45, 7) is 4.20. The molecule has 0 aliphatic rings. The highest BCUT2D eigenvalue weighted by atomic mass is 16.4. The van der Waals surface area contributed by atoms with Crippen molar-refractivity contribution >= 4 is 12.1 Å². The van der Waals surface area contributed by atoms with E-state index in [-0.39, 0.29) is 5.92 Å². The fourth-order valence-corrected chi connectivity index (χ4v) is 2.29. The van der Waals surface area contributed by atoms with E-state index in [0.717, 1.165) is 17.0 Å². The Balaban J connectivity index is 2.28. The van der Waals surface area contributed by atoms with Crippen molar-refractivity contribution in [2.75, 3.05) is 0 Å². The van der Waals surface area contributed by atoms with Gasteiger partial charge in [0.15, 0.2) is 12.0 Å². The highest BCUT2D eigenvalue weighted by molar-refractivity contribution is 5.72. The molecular weight excluding hydrogens is 240 g/mol. The molecule has 2 aromatic heterocycles. The van der Waals surface area contributed by atoms with Crippen LogP contribution in [0.3, 0.4) is 0 Å². The molecule has 3 aromatic rings. The summed E-state index contributed by atoms with van der Waals surface area (Å²) in [7, 11) is 0. The second-order valence-corrected chi connectivity index (χ2v) is 4.77. The quantitative estimate of drug-likeness (QED) is 0.672. The number of imidazole rings is 1.